The number of benzene rings is 2. The smallest absolute Gasteiger partial charge is 0.242 e. The van der Waals surface area contributed by atoms with Crippen molar-refractivity contribution in [3.63, 3.8) is 0 Å². The number of hydrogen-bond donors (Lipinski definition) is 1. The first kappa shape index (κ1) is 24.1. The van der Waals surface area contributed by atoms with Crippen LogP contribution in [0, 0.1) is 0 Å². The predicted octanol–water partition coefficient (Wildman–Crippen LogP) is 4.48. The highest BCUT2D eigenvalue weighted by Crippen LogP contribution is 2.31. The van der Waals surface area contributed by atoms with Gasteiger partial charge in [0.15, 0.2) is 11.5 Å². The average Bonchev–Trinajstić information content (AvgIpc) is 2.80. The predicted molar refractivity (Wildman–Crippen MR) is 128 cm³/mol. The highest BCUT2D eigenvalue weighted by atomic mass is 79.9. The zero-order valence-corrected chi connectivity index (χ0v) is 20.5. The third-order valence-electron chi connectivity index (χ3n) is 5.64. The highest BCUT2D eigenvalue weighted by molar-refractivity contribution is 9.10. The van der Waals surface area contributed by atoms with E-state index in [1.54, 1.807) is 11.8 Å². The van der Waals surface area contributed by atoms with E-state index in [2.05, 4.69) is 21.2 Å². The molecule has 32 heavy (non-hydrogen) atoms. The number of carbonyl (C=O) groups is 2. The molecule has 0 radical (unpaired) electrons. The molecule has 1 N–H and O–H groups in total. The number of nitrogens with one attached hydrogen (secondary N) is 1. The van der Waals surface area contributed by atoms with E-state index in [1.807, 2.05) is 56.3 Å². The van der Waals surface area contributed by atoms with Gasteiger partial charge < -0.3 is 19.7 Å². The highest BCUT2D eigenvalue weighted by Gasteiger charge is 2.26. The summed E-state index contributed by atoms with van der Waals surface area (Å²) in [6.07, 6.45) is 1.70. The Bertz CT molecular complexity index is 949. The quantitative estimate of drug-likeness (QED) is 0.548. The van der Waals surface area contributed by atoms with Crippen LogP contribution in [0.15, 0.2) is 46.9 Å². The van der Waals surface area contributed by atoms with Gasteiger partial charge in [-0.25, -0.2) is 0 Å². The maximum atomic E-state index is 13.3. The number of hydrogen-bond acceptors (Lipinski definition) is 4. The lowest BCUT2D eigenvalue weighted by atomic mass is 10.1. The molecule has 172 valence electrons. The fraction of sp³-hybridized carbons (Fsp3) is 0.440. The Kier molecular flexibility index (Phi) is 8.56. The van der Waals surface area contributed by atoms with Crippen LogP contribution in [0.3, 0.4) is 0 Å². The minimum Gasteiger partial charge on any atom is -0.486 e. The van der Waals surface area contributed by atoms with Crippen molar-refractivity contribution in [2.75, 3.05) is 13.2 Å². The van der Waals surface area contributed by atoms with Gasteiger partial charge >= 0.3 is 0 Å². The average molecular weight is 503 g/mol. The van der Waals surface area contributed by atoms with Crippen LogP contribution in [0.1, 0.15) is 44.7 Å². The molecule has 0 spiro atoms. The number of nitrogens with zero attached hydrogens (tertiary/aromatic N) is 1. The first-order valence-corrected chi connectivity index (χ1v) is 11.9. The summed E-state index contributed by atoms with van der Waals surface area (Å²) in [7, 11) is 0. The molecular formula is C25H31BrN2O4. The zero-order chi connectivity index (χ0) is 23.1. The standard InChI is InChI=1S/C25H31BrN2O4/c1-4-17(2)27-25(30)18(3)28(16-20-6-5-7-21(26)14-20)24(29)11-9-19-8-10-22-23(15-19)32-13-12-31-22/h5-8,10,14-15,17-18H,4,9,11-13,16H2,1-3H3,(H,27,30)/t17-,18-/m0/s1. The summed E-state index contributed by atoms with van der Waals surface area (Å²) in [4.78, 5) is 27.7. The second-order valence-corrected chi connectivity index (χ2v) is 9.04. The van der Waals surface area contributed by atoms with Crippen molar-refractivity contribution in [3.8, 4) is 11.5 Å². The van der Waals surface area contributed by atoms with E-state index in [-0.39, 0.29) is 17.9 Å². The number of carbonyl (C=O) groups excluding carboxylic acids is 2. The largest absolute Gasteiger partial charge is 0.486 e. The molecule has 0 fully saturated rings. The van der Waals surface area contributed by atoms with E-state index in [9.17, 15) is 9.59 Å². The molecule has 0 saturated heterocycles. The van der Waals surface area contributed by atoms with Gasteiger partial charge in [-0.05, 0) is 62.1 Å². The van der Waals surface area contributed by atoms with Gasteiger partial charge in [0, 0.05) is 23.5 Å². The van der Waals surface area contributed by atoms with Gasteiger partial charge in [0.2, 0.25) is 11.8 Å². The second-order valence-electron chi connectivity index (χ2n) is 8.12. The van der Waals surface area contributed by atoms with Gasteiger partial charge in [0.05, 0.1) is 0 Å². The van der Waals surface area contributed by atoms with Crippen LogP contribution >= 0.6 is 15.9 Å². The van der Waals surface area contributed by atoms with E-state index in [0.717, 1.165) is 27.8 Å². The second kappa shape index (κ2) is 11.4. The van der Waals surface area contributed by atoms with Crippen LogP contribution in [0.25, 0.3) is 0 Å². The topological polar surface area (TPSA) is 67.9 Å². The molecule has 0 bridgehead atoms. The number of halogens is 1. The summed E-state index contributed by atoms with van der Waals surface area (Å²) in [5, 5.41) is 3.00. The molecule has 3 rings (SSSR count). The Morgan fingerprint density at radius 3 is 2.53 bits per heavy atom. The Hall–Kier alpha value is -2.54. The molecule has 0 aliphatic carbocycles. The SMILES string of the molecule is CC[C@H](C)NC(=O)[C@H](C)N(Cc1cccc(Br)c1)C(=O)CCc1ccc2c(c1)OCCO2. The molecule has 1 aliphatic rings. The number of ether oxygens (including phenoxy) is 2. The van der Waals surface area contributed by atoms with Gasteiger partial charge in [-0.1, -0.05) is 41.1 Å². The number of aryl methyl sites for hydroxylation is 1. The number of fused-ring (bicyclic) bond motifs is 1. The summed E-state index contributed by atoms with van der Waals surface area (Å²) in [5.74, 6) is 1.25. The molecule has 2 aromatic rings. The zero-order valence-electron chi connectivity index (χ0n) is 18.9. The van der Waals surface area contributed by atoms with Gasteiger partial charge in [0.25, 0.3) is 0 Å². The van der Waals surface area contributed by atoms with Crippen LogP contribution in [0.2, 0.25) is 0 Å². The summed E-state index contributed by atoms with van der Waals surface area (Å²) in [6.45, 7) is 7.22. The maximum absolute atomic E-state index is 13.3. The van der Waals surface area contributed by atoms with E-state index in [1.165, 1.54) is 0 Å². The molecular weight excluding hydrogens is 472 g/mol. The van der Waals surface area contributed by atoms with Crippen molar-refractivity contribution in [1.82, 2.24) is 10.2 Å². The van der Waals surface area contributed by atoms with Crippen LogP contribution in [-0.4, -0.2) is 42.0 Å². The molecule has 1 aliphatic heterocycles. The lowest BCUT2D eigenvalue weighted by molar-refractivity contribution is -0.140. The Morgan fingerprint density at radius 2 is 1.81 bits per heavy atom. The molecule has 6 nitrogen and oxygen atoms in total. The van der Waals surface area contributed by atoms with Crippen LogP contribution in [-0.2, 0) is 22.6 Å². The Balaban J connectivity index is 1.72. The fourth-order valence-electron chi connectivity index (χ4n) is 3.52. The van der Waals surface area contributed by atoms with Crippen molar-refractivity contribution < 1.29 is 19.1 Å². The summed E-state index contributed by atoms with van der Waals surface area (Å²) in [6, 6.07) is 13.1. The van der Waals surface area contributed by atoms with Crippen molar-refractivity contribution >= 4 is 27.7 Å². The first-order chi connectivity index (χ1) is 15.4. The molecule has 0 aromatic heterocycles. The summed E-state index contributed by atoms with van der Waals surface area (Å²) < 4.78 is 12.2. The first-order valence-electron chi connectivity index (χ1n) is 11.1. The van der Waals surface area contributed by atoms with Crippen molar-refractivity contribution in [3.05, 3.63) is 58.1 Å². The molecule has 2 aromatic carbocycles. The molecule has 0 saturated carbocycles. The Morgan fingerprint density at radius 1 is 1.06 bits per heavy atom. The molecule has 0 unspecified atom stereocenters. The van der Waals surface area contributed by atoms with Crippen LogP contribution < -0.4 is 14.8 Å². The Labute approximate surface area is 198 Å². The van der Waals surface area contributed by atoms with E-state index in [4.69, 9.17) is 9.47 Å². The van der Waals surface area contributed by atoms with Gasteiger partial charge in [-0.3, -0.25) is 9.59 Å². The number of rotatable bonds is 9. The normalized spacial score (nSPS) is 14.4. The van der Waals surface area contributed by atoms with E-state index >= 15 is 0 Å². The van der Waals surface area contributed by atoms with E-state index in [0.29, 0.717) is 38.3 Å². The van der Waals surface area contributed by atoms with Crippen LogP contribution in [0.4, 0.5) is 0 Å². The van der Waals surface area contributed by atoms with Crippen molar-refractivity contribution in [2.24, 2.45) is 0 Å². The third-order valence-corrected chi connectivity index (χ3v) is 6.14. The summed E-state index contributed by atoms with van der Waals surface area (Å²) in [5.41, 5.74) is 1.97. The van der Waals surface area contributed by atoms with Gasteiger partial charge in [-0.2, -0.15) is 0 Å². The van der Waals surface area contributed by atoms with Crippen molar-refractivity contribution in [2.45, 2.75) is 58.7 Å². The van der Waals surface area contributed by atoms with Gasteiger partial charge in [-0.15, -0.1) is 0 Å². The third kappa shape index (κ3) is 6.48. The minimum absolute atomic E-state index is 0.0606. The summed E-state index contributed by atoms with van der Waals surface area (Å²) >= 11 is 3.48. The molecule has 2 amide bonds. The monoisotopic (exact) mass is 502 g/mol. The van der Waals surface area contributed by atoms with Crippen LogP contribution in [0.5, 0.6) is 11.5 Å². The fourth-order valence-corrected chi connectivity index (χ4v) is 3.96. The molecule has 2 atom stereocenters. The lowest BCUT2D eigenvalue weighted by Gasteiger charge is -2.30. The maximum Gasteiger partial charge on any atom is 0.242 e. The van der Waals surface area contributed by atoms with Gasteiger partial charge in [0.1, 0.15) is 19.3 Å². The van der Waals surface area contributed by atoms with E-state index < -0.39 is 6.04 Å². The lowest BCUT2D eigenvalue weighted by Crippen LogP contribution is -2.49. The minimum atomic E-state index is -0.573. The molecule has 1 heterocycles. The van der Waals surface area contributed by atoms with Crippen molar-refractivity contribution in [1.29, 1.82) is 0 Å². The number of amides is 2. The molecule has 7 heteroatoms.